The van der Waals surface area contributed by atoms with Gasteiger partial charge in [-0.2, -0.15) is 13.2 Å². The molecular weight excluding hydrogens is 205 g/mol. The van der Waals surface area contributed by atoms with Crippen molar-refractivity contribution >= 4 is 0 Å². The number of rotatable bonds is 1. The summed E-state index contributed by atoms with van der Waals surface area (Å²) in [6.07, 6.45) is -0.550. The standard InChI is InChI=1S/C10H13F3N2/c1-2-7-3-4-15-6-8(10(11,12)13)14-9(15)5-7/h6-7H,2-5H2,1H3. The molecule has 1 aromatic rings. The lowest BCUT2D eigenvalue weighted by molar-refractivity contribution is -0.141. The van der Waals surface area contributed by atoms with Crippen LogP contribution in [0.15, 0.2) is 6.20 Å². The third kappa shape index (κ3) is 2.01. The van der Waals surface area contributed by atoms with Gasteiger partial charge in [0, 0.05) is 19.2 Å². The summed E-state index contributed by atoms with van der Waals surface area (Å²) < 4.78 is 38.8. The number of imidazole rings is 1. The zero-order valence-corrected chi connectivity index (χ0v) is 8.51. The van der Waals surface area contributed by atoms with Crippen molar-refractivity contribution in [2.75, 3.05) is 0 Å². The summed E-state index contributed by atoms with van der Waals surface area (Å²) in [5, 5.41) is 0. The fraction of sp³-hybridized carbons (Fsp3) is 0.700. The number of alkyl halides is 3. The second-order valence-electron chi connectivity index (χ2n) is 4.00. The van der Waals surface area contributed by atoms with Crippen molar-refractivity contribution in [1.29, 1.82) is 0 Å². The van der Waals surface area contributed by atoms with Gasteiger partial charge in [0.1, 0.15) is 5.82 Å². The molecule has 0 fully saturated rings. The minimum absolute atomic E-state index is 0.487. The van der Waals surface area contributed by atoms with E-state index in [0.29, 0.717) is 24.7 Å². The zero-order chi connectivity index (χ0) is 11.1. The van der Waals surface area contributed by atoms with Crippen molar-refractivity contribution < 1.29 is 13.2 Å². The molecule has 2 heterocycles. The maximum Gasteiger partial charge on any atom is 0.434 e. The Hall–Kier alpha value is -1.00. The monoisotopic (exact) mass is 218 g/mol. The average Bonchev–Trinajstić information content (AvgIpc) is 2.59. The van der Waals surface area contributed by atoms with Crippen LogP contribution in [-0.4, -0.2) is 9.55 Å². The van der Waals surface area contributed by atoms with Gasteiger partial charge in [0.25, 0.3) is 0 Å². The van der Waals surface area contributed by atoms with Gasteiger partial charge in [-0.1, -0.05) is 13.3 Å². The Labute approximate surface area is 86.1 Å². The van der Waals surface area contributed by atoms with Crippen molar-refractivity contribution in [2.45, 2.75) is 38.9 Å². The van der Waals surface area contributed by atoms with Gasteiger partial charge < -0.3 is 4.57 Å². The van der Waals surface area contributed by atoms with Crippen LogP contribution in [-0.2, 0) is 19.1 Å². The Kier molecular flexibility index (Phi) is 2.48. The highest BCUT2D eigenvalue weighted by Crippen LogP contribution is 2.31. The summed E-state index contributed by atoms with van der Waals surface area (Å²) in [5.41, 5.74) is -0.755. The quantitative estimate of drug-likeness (QED) is 0.708. The molecule has 0 aliphatic carbocycles. The lowest BCUT2D eigenvalue weighted by Gasteiger charge is -2.21. The van der Waals surface area contributed by atoms with Crippen molar-refractivity contribution in [1.82, 2.24) is 9.55 Å². The van der Waals surface area contributed by atoms with E-state index in [4.69, 9.17) is 0 Å². The molecule has 0 radical (unpaired) electrons. The van der Waals surface area contributed by atoms with Crippen LogP contribution in [0.5, 0.6) is 0 Å². The van der Waals surface area contributed by atoms with Crippen molar-refractivity contribution in [2.24, 2.45) is 5.92 Å². The highest BCUT2D eigenvalue weighted by molar-refractivity contribution is 5.09. The molecule has 0 aromatic carbocycles. The normalized spacial score (nSPS) is 21.5. The Morgan fingerprint density at radius 2 is 2.27 bits per heavy atom. The van der Waals surface area contributed by atoms with Crippen LogP contribution >= 0.6 is 0 Å². The summed E-state index contributed by atoms with van der Waals surface area (Å²) in [6, 6.07) is 0. The maximum absolute atomic E-state index is 12.4. The van der Waals surface area contributed by atoms with Gasteiger partial charge in [0.05, 0.1) is 0 Å². The van der Waals surface area contributed by atoms with Crippen molar-refractivity contribution in [3.8, 4) is 0 Å². The number of aromatic nitrogens is 2. The van der Waals surface area contributed by atoms with Crippen LogP contribution in [0.3, 0.4) is 0 Å². The van der Waals surface area contributed by atoms with Gasteiger partial charge in [0.15, 0.2) is 5.69 Å². The lowest BCUT2D eigenvalue weighted by Crippen LogP contribution is -2.18. The molecule has 15 heavy (non-hydrogen) atoms. The molecule has 0 saturated carbocycles. The molecule has 1 unspecified atom stereocenters. The molecule has 1 aliphatic heterocycles. The van der Waals surface area contributed by atoms with Crippen molar-refractivity contribution in [3.05, 3.63) is 17.7 Å². The van der Waals surface area contributed by atoms with Gasteiger partial charge in [-0.15, -0.1) is 0 Å². The molecule has 0 spiro atoms. The molecule has 2 nitrogen and oxygen atoms in total. The number of aryl methyl sites for hydroxylation is 1. The van der Waals surface area contributed by atoms with E-state index >= 15 is 0 Å². The van der Waals surface area contributed by atoms with E-state index in [1.165, 1.54) is 0 Å². The predicted octanol–water partition coefficient (Wildman–Crippen LogP) is 2.87. The molecule has 0 bridgehead atoms. The lowest BCUT2D eigenvalue weighted by atomic mass is 9.95. The molecule has 1 aliphatic rings. The first-order valence-electron chi connectivity index (χ1n) is 5.14. The summed E-state index contributed by atoms with van der Waals surface area (Å²) in [6.45, 7) is 2.73. The van der Waals surface area contributed by atoms with Gasteiger partial charge in [-0.3, -0.25) is 0 Å². The summed E-state index contributed by atoms with van der Waals surface area (Å²) in [7, 11) is 0. The van der Waals surface area contributed by atoms with E-state index in [0.717, 1.165) is 19.0 Å². The minimum atomic E-state index is -4.31. The second kappa shape index (κ2) is 3.54. The number of nitrogens with zero attached hydrogens (tertiary/aromatic N) is 2. The SMILES string of the molecule is CCC1CCn2cc(C(F)(F)F)nc2C1. The highest BCUT2D eigenvalue weighted by Gasteiger charge is 2.35. The van der Waals surface area contributed by atoms with E-state index in [9.17, 15) is 13.2 Å². The molecule has 2 rings (SSSR count). The fourth-order valence-corrected chi connectivity index (χ4v) is 1.98. The van der Waals surface area contributed by atoms with Gasteiger partial charge in [-0.05, 0) is 12.3 Å². The third-order valence-electron chi connectivity index (χ3n) is 2.98. The highest BCUT2D eigenvalue weighted by atomic mass is 19.4. The van der Waals surface area contributed by atoms with Crippen LogP contribution in [0, 0.1) is 5.92 Å². The van der Waals surface area contributed by atoms with Crippen LogP contribution in [0.1, 0.15) is 31.3 Å². The summed E-state index contributed by atoms with van der Waals surface area (Å²) in [5.74, 6) is 1.07. The molecule has 0 N–H and O–H groups in total. The molecule has 5 heteroatoms. The minimum Gasteiger partial charge on any atom is -0.334 e. The Bertz CT molecular complexity index is 354. The van der Waals surface area contributed by atoms with Crippen LogP contribution in [0.25, 0.3) is 0 Å². The number of hydrogen-bond donors (Lipinski definition) is 0. The molecule has 84 valence electrons. The van der Waals surface area contributed by atoms with E-state index in [-0.39, 0.29) is 0 Å². The second-order valence-corrected chi connectivity index (χ2v) is 4.00. The Balaban J connectivity index is 2.26. The molecule has 0 saturated heterocycles. The van der Waals surface area contributed by atoms with Gasteiger partial charge in [-0.25, -0.2) is 4.98 Å². The average molecular weight is 218 g/mol. The van der Waals surface area contributed by atoms with Crippen LogP contribution in [0.4, 0.5) is 13.2 Å². The predicted molar refractivity (Wildman–Crippen MR) is 49.3 cm³/mol. The van der Waals surface area contributed by atoms with Crippen LogP contribution < -0.4 is 0 Å². The number of halogens is 3. The summed E-state index contributed by atoms with van der Waals surface area (Å²) >= 11 is 0. The Morgan fingerprint density at radius 3 is 2.87 bits per heavy atom. The first-order valence-corrected chi connectivity index (χ1v) is 5.14. The number of hydrogen-bond acceptors (Lipinski definition) is 1. The first-order chi connectivity index (χ1) is 7.00. The third-order valence-corrected chi connectivity index (χ3v) is 2.98. The molecule has 0 amide bonds. The zero-order valence-electron chi connectivity index (χ0n) is 8.51. The van der Waals surface area contributed by atoms with Gasteiger partial charge in [0.2, 0.25) is 0 Å². The molecule has 1 atom stereocenters. The largest absolute Gasteiger partial charge is 0.434 e. The van der Waals surface area contributed by atoms with Gasteiger partial charge >= 0.3 is 6.18 Å². The van der Waals surface area contributed by atoms with E-state index in [1.807, 2.05) is 0 Å². The van der Waals surface area contributed by atoms with E-state index < -0.39 is 11.9 Å². The smallest absolute Gasteiger partial charge is 0.334 e. The molecule has 1 aromatic heterocycles. The maximum atomic E-state index is 12.4. The summed E-state index contributed by atoms with van der Waals surface area (Å²) in [4.78, 5) is 3.66. The topological polar surface area (TPSA) is 17.8 Å². The molecular formula is C10H13F3N2. The van der Waals surface area contributed by atoms with E-state index in [2.05, 4.69) is 11.9 Å². The van der Waals surface area contributed by atoms with Crippen LogP contribution in [0.2, 0.25) is 0 Å². The first kappa shape index (κ1) is 10.5. The number of fused-ring (bicyclic) bond motifs is 1. The van der Waals surface area contributed by atoms with Crippen molar-refractivity contribution in [3.63, 3.8) is 0 Å². The van der Waals surface area contributed by atoms with E-state index in [1.54, 1.807) is 4.57 Å². The fourth-order valence-electron chi connectivity index (χ4n) is 1.98. The Morgan fingerprint density at radius 1 is 1.53 bits per heavy atom.